The average Bonchev–Trinajstić information content (AvgIpc) is 2.16. The minimum absolute atomic E-state index is 0.0926. The first-order valence-corrected chi connectivity index (χ1v) is 5.28. The van der Waals surface area contributed by atoms with E-state index in [1.807, 2.05) is 0 Å². The van der Waals surface area contributed by atoms with E-state index in [1.165, 1.54) is 18.3 Å². The fourth-order valence-electron chi connectivity index (χ4n) is 0.752. The molecule has 1 aromatic heterocycles. The lowest BCUT2D eigenvalue weighted by Gasteiger charge is -1.99. The van der Waals surface area contributed by atoms with Gasteiger partial charge in [-0.2, -0.15) is 13.2 Å². The Kier molecular flexibility index (Phi) is 3.13. The summed E-state index contributed by atoms with van der Waals surface area (Å²) in [5, 5.41) is -0.319. The van der Waals surface area contributed by atoms with Crippen LogP contribution in [0.5, 0.6) is 0 Å². The molecule has 0 aliphatic carbocycles. The van der Waals surface area contributed by atoms with Crippen LogP contribution in [0.25, 0.3) is 0 Å². The third-order valence-electron chi connectivity index (χ3n) is 1.37. The molecule has 0 aliphatic heterocycles. The Labute approximate surface area is 84.2 Å². The van der Waals surface area contributed by atoms with E-state index in [-0.39, 0.29) is 11.5 Å². The van der Waals surface area contributed by atoms with E-state index in [0.717, 1.165) is 6.07 Å². The summed E-state index contributed by atoms with van der Waals surface area (Å²) < 4.78 is 57.6. The predicted molar refractivity (Wildman–Crippen MR) is 46.6 cm³/mol. The number of allylic oxidation sites excluding steroid dienone is 1. The van der Waals surface area contributed by atoms with Gasteiger partial charge in [-0.15, -0.1) is 0 Å². The van der Waals surface area contributed by atoms with Gasteiger partial charge in [0.2, 0.25) is 9.84 Å². The zero-order chi connectivity index (χ0) is 11.5. The lowest BCUT2D eigenvalue weighted by atomic mass is 10.5. The zero-order valence-corrected chi connectivity index (χ0v) is 8.09. The highest BCUT2D eigenvalue weighted by Crippen LogP contribution is 2.18. The molecule has 1 rings (SSSR count). The average molecular weight is 237 g/mol. The number of nitrogens with zero attached hydrogens (tertiary/aromatic N) is 1. The molecule has 7 heteroatoms. The van der Waals surface area contributed by atoms with Crippen LogP contribution in [0.4, 0.5) is 13.2 Å². The normalized spacial score (nSPS) is 13.3. The molecule has 0 N–H and O–H groups in total. The van der Waals surface area contributed by atoms with Crippen LogP contribution in [0.1, 0.15) is 0 Å². The van der Waals surface area contributed by atoms with E-state index in [2.05, 4.69) is 4.98 Å². The van der Waals surface area contributed by atoms with Crippen LogP contribution in [0, 0.1) is 0 Å². The first-order chi connectivity index (χ1) is 6.81. The molecule has 0 spiro atoms. The van der Waals surface area contributed by atoms with Crippen molar-refractivity contribution in [3.8, 4) is 0 Å². The Morgan fingerprint density at radius 3 is 2.40 bits per heavy atom. The molecule has 0 aliphatic rings. The summed E-state index contributed by atoms with van der Waals surface area (Å²) in [5.41, 5.74) is 0. The summed E-state index contributed by atoms with van der Waals surface area (Å²) >= 11 is 0. The van der Waals surface area contributed by atoms with Crippen LogP contribution in [0.2, 0.25) is 0 Å². The largest absolute Gasteiger partial charge is 0.410 e. The number of pyridine rings is 1. The fraction of sp³-hybridized carbons (Fsp3) is 0.125. The first-order valence-electron chi connectivity index (χ1n) is 3.73. The van der Waals surface area contributed by atoms with Crippen LogP contribution in [0.3, 0.4) is 0 Å². The van der Waals surface area contributed by atoms with Crippen molar-refractivity contribution in [1.82, 2.24) is 4.98 Å². The van der Waals surface area contributed by atoms with Gasteiger partial charge in [0, 0.05) is 17.7 Å². The molecule has 0 bridgehead atoms. The number of halogens is 3. The number of alkyl halides is 3. The highest BCUT2D eigenvalue weighted by molar-refractivity contribution is 7.94. The summed E-state index contributed by atoms with van der Waals surface area (Å²) in [7, 11) is -4.11. The van der Waals surface area contributed by atoms with Crippen molar-refractivity contribution >= 4 is 9.84 Å². The van der Waals surface area contributed by atoms with Gasteiger partial charge in [0.05, 0.1) is 0 Å². The van der Waals surface area contributed by atoms with Crippen molar-refractivity contribution in [3.05, 3.63) is 35.9 Å². The summed E-state index contributed by atoms with van der Waals surface area (Å²) in [4.78, 5) is 3.44. The van der Waals surface area contributed by atoms with Crippen molar-refractivity contribution in [3.63, 3.8) is 0 Å². The van der Waals surface area contributed by atoms with Gasteiger partial charge in [-0.25, -0.2) is 13.4 Å². The number of hydrogen-bond acceptors (Lipinski definition) is 3. The maximum absolute atomic E-state index is 11.7. The Morgan fingerprint density at radius 1 is 1.27 bits per heavy atom. The van der Waals surface area contributed by atoms with Crippen molar-refractivity contribution in [2.45, 2.75) is 11.2 Å². The van der Waals surface area contributed by atoms with Crippen LogP contribution in [-0.4, -0.2) is 19.6 Å². The van der Waals surface area contributed by atoms with Crippen molar-refractivity contribution in [2.24, 2.45) is 0 Å². The van der Waals surface area contributed by atoms with Crippen LogP contribution in [0.15, 0.2) is 40.9 Å². The van der Waals surface area contributed by atoms with Gasteiger partial charge < -0.3 is 0 Å². The lowest BCUT2D eigenvalue weighted by molar-refractivity contribution is -0.0797. The van der Waals surface area contributed by atoms with Crippen molar-refractivity contribution in [2.75, 3.05) is 0 Å². The third-order valence-corrected chi connectivity index (χ3v) is 2.68. The molecule has 0 fully saturated rings. The van der Waals surface area contributed by atoms with E-state index < -0.39 is 21.0 Å². The molecule has 0 saturated carbocycles. The smallest absolute Gasteiger partial charge is 0.244 e. The van der Waals surface area contributed by atoms with Crippen LogP contribution in [-0.2, 0) is 9.84 Å². The monoisotopic (exact) mass is 237 g/mol. The lowest BCUT2D eigenvalue weighted by Crippen LogP contribution is -2.05. The van der Waals surface area contributed by atoms with Gasteiger partial charge in [-0.3, -0.25) is 0 Å². The number of hydrogen-bond donors (Lipinski definition) is 0. The van der Waals surface area contributed by atoms with Gasteiger partial charge >= 0.3 is 6.18 Å². The molecule has 0 radical (unpaired) electrons. The first kappa shape index (κ1) is 11.7. The second-order valence-corrected chi connectivity index (χ2v) is 4.34. The molecule has 15 heavy (non-hydrogen) atoms. The van der Waals surface area contributed by atoms with Crippen LogP contribution >= 0.6 is 0 Å². The molecule has 0 aromatic carbocycles. The van der Waals surface area contributed by atoms with E-state index in [1.54, 1.807) is 0 Å². The minimum Gasteiger partial charge on any atom is -0.244 e. The predicted octanol–water partition coefficient (Wildman–Crippen LogP) is 1.93. The molecule has 0 atom stereocenters. The number of sulfone groups is 1. The highest BCUT2D eigenvalue weighted by Gasteiger charge is 2.24. The summed E-state index contributed by atoms with van der Waals surface area (Å²) in [6.45, 7) is 0. The van der Waals surface area contributed by atoms with Crippen LogP contribution < -0.4 is 0 Å². The number of rotatable bonds is 2. The molecule has 0 unspecified atom stereocenters. The standard InChI is InChI=1S/C8H6F3NO2S/c9-8(10,11)4-6-15(13,14)7-3-1-2-5-12-7/h1-6H/b6-4+. The van der Waals surface area contributed by atoms with Gasteiger partial charge in [-0.05, 0) is 12.1 Å². The van der Waals surface area contributed by atoms with Gasteiger partial charge in [0.25, 0.3) is 0 Å². The Balaban J connectivity index is 3.01. The summed E-state index contributed by atoms with van der Waals surface area (Å²) in [5.74, 6) is 0. The summed E-state index contributed by atoms with van der Waals surface area (Å²) in [6, 6.07) is 3.96. The SMILES string of the molecule is O=S(=O)(/C=C/C(F)(F)F)c1ccccn1. The molecular formula is C8H6F3NO2S. The molecule has 1 heterocycles. The van der Waals surface area contributed by atoms with E-state index in [0.29, 0.717) is 0 Å². The van der Waals surface area contributed by atoms with E-state index in [9.17, 15) is 21.6 Å². The van der Waals surface area contributed by atoms with Crippen molar-refractivity contribution < 1.29 is 21.6 Å². The maximum atomic E-state index is 11.7. The molecule has 1 aromatic rings. The van der Waals surface area contributed by atoms with Gasteiger partial charge in [-0.1, -0.05) is 6.07 Å². The Hall–Kier alpha value is -1.37. The van der Waals surface area contributed by atoms with Crippen molar-refractivity contribution in [1.29, 1.82) is 0 Å². The zero-order valence-electron chi connectivity index (χ0n) is 7.27. The summed E-state index contributed by atoms with van der Waals surface area (Å²) in [6.07, 6.45) is -3.80. The van der Waals surface area contributed by atoms with Gasteiger partial charge in [0.15, 0.2) is 5.03 Å². The minimum atomic E-state index is -4.65. The second kappa shape index (κ2) is 4.01. The Morgan fingerprint density at radius 2 is 1.93 bits per heavy atom. The Bertz CT molecular complexity index is 451. The maximum Gasteiger partial charge on any atom is 0.410 e. The highest BCUT2D eigenvalue weighted by atomic mass is 32.2. The quantitative estimate of drug-likeness (QED) is 0.789. The van der Waals surface area contributed by atoms with Gasteiger partial charge in [0.1, 0.15) is 0 Å². The van der Waals surface area contributed by atoms with E-state index in [4.69, 9.17) is 0 Å². The number of aromatic nitrogens is 1. The molecule has 3 nitrogen and oxygen atoms in total. The topological polar surface area (TPSA) is 47.0 Å². The second-order valence-electron chi connectivity index (χ2n) is 2.56. The molecule has 82 valence electrons. The fourth-order valence-corrected chi connectivity index (χ4v) is 1.70. The van der Waals surface area contributed by atoms with E-state index >= 15 is 0 Å². The molecule has 0 saturated heterocycles. The third kappa shape index (κ3) is 3.70. The molecule has 0 amide bonds. The molecular weight excluding hydrogens is 231 g/mol.